The first kappa shape index (κ1) is 14.8. The molecular weight excluding hydrogens is 319 g/mol. The van der Waals surface area contributed by atoms with Crippen molar-refractivity contribution in [2.75, 3.05) is 23.3 Å². The molecule has 22 heavy (non-hydrogen) atoms. The van der Waals surface area contributed by atoms with E-state index >= 15 is 0 Å². The fraction of sp³-hybridized carbons (Fsp3) is 0.308. The van der Waals surface area contributed by atoms with Crippen LogP contribution in [0.5, 0.6) is 0 Å². The third kappa shape index (κ3) is 3.06. The second-order valence-electron chi connectivity index (χ2n) is 4.87. The molecule has 1 aliphatic heterocycles. The summed E-state index contributed by atoms with van der Waals surface area (Å²) in [4.78, 5) is 13.5. The van der Waals surface area contributed by atoms with Crippen LogP contribution in [0.25, 0.3) is 0 Å². The van der Waals surface area contributed by atoms with Gasteiger partial charge < -0.3 is 10.2 Å². The Kier molecular flexibility index (Phi) is 3.78. The molecule has 3 rings (SSSR count). The maximum Gasteiger partial charge on any atom is 0.416 e. The van der Waals surface area contributed by atoms with E-state index in [1.54, 1.807) is 4.90 Å². The Morgan fingerprint density at radius 3 is 2.73 bits per heavy atom. The molecule has 0 radical (unpaired) electrons. The van der Waals surface area contributed by atoms with Gasteiger partial charge in [0.25, 0.3) is 0 Å². The number of alkyl halides is 3. The van der Waals surface area contributed by atoms with Crippen LogP contribution in [0.2, 0.25) is 5.02 Å². The molecular formula is C13H11ClF3N5. The molecule has 0 spiro atoms. The lowest BCUT2D eigenvalue weighted by atomic mass is 10.1. The minimum Gasteiger partial charge on any atom is -0.362 e. The highest BCUT2D eigenvalue weighted by molar-refractivity contribution is 6.32. The molecule has 5 nitrogen and oxygen atoms in total. The molecule has 2 aromatic rings. The standard InChI is InChI=1S/C13H11ClF3N5/c14-10-4-18-7-20-12(10)21-9-5-22(6-9)11-3-8(1-2-19-11)13(15,16)17/h1-4,7,9H,5-6H2,(H,18,20,21). The molecule has 9 heteroatoms. The topological polar surface area (TPSA) is 53.9 Å². The van der Waals surface area contributed by atoms with Crippen molar-refractivity contribution in [3.05, 3.63) is 41.4 Å². The monoisotopic (exact) mass is 329 g/mol. The second-order valence-corrected chi connectivity index (χ2v) is 5.27. The van der Waals surface area contributed by atoms with Gasteiger partial charge in [-0.2, -0.15) is 13.2 Å². The summed E-state index contributed by atoms with van der Waals surface area (Å²) in [5, 5.41) is 3.52. The van der Waals surface area contributed by atoms with Crippen LogP contribution in [0.15, 0.2) is 30.9 Å². The molecule has 0 aliphatic carbocycles. The quantitative estimate of drug-likeness (QED) is 0.938. The summed E-state index contributed by atoms with van der Waals surface area (Å²) in [5.74, 6) is 0.819. The number of aromatic nitrogens is 3. The summed E-state index contributed by atoms with van der Waals surface area (Å²) in [6, 6.07) is 2.05. The fourth-order valence-electron chi connectivity index (χ4n) is 2.14. The Balaban J connectivity index is 1.63. The normalized spacial score (nSPS) is 15.5. The van der Waals surface area contributed by atoms with Crippen LogP contribution < -0.4 is 10.2 Å². The Morgan fingerprint density at radius 1 is 1.27 bits per heavy atom. The van der Waals surface area contributed by atoms with Crippen LogP contribution in [0, 0.1) is 0 Å². The first-order valence-electron chi connectivity index (χ1n) is 6.44. The highest BCUT2D eigenvalue weighted by atomic mass is 35.5. The van der Waals surface area contributed by atoms with Gasteiger partial charge in [-0.05, 0) is 12.1 Å². The van der Waals surface area contributed by atoms with Crippen LogP contribution in [-0.2, 0) is 6.18 Å². The molecule has 0 unspecified atom stereocenters. The van der Waals surface area contributed by atoms with E-state index in [-0.39, 0.29) is 6.04 Å². The van der Waals surface area contributed by atoms with Crippen LogP contribution in [0.1, 0.15) is 5.56 Å². The lowest BCUT2D eigenvalue weighted by Crippen LogP contribution is -2.55. The van der Waals surface area contributed by atoms with Gasteiger partial charge in [0.1, 0.15) is 23.0 Å². The number of anilines is 2. The van der Waals surface area contributed by atoms with E-state index in [1.165, 1.54) is 18.7 Å². The van der Waals surface area contributed by atoms with Gasteiger partial charge in [0.05, 0.1) is 17.8 Å². The molecule has 0 atom stereocenters. The summed E-state index contributed by atoms with van der Waals surface area (Å²) in [6.45, 7) is 1.04. The number of halogens is 4. The largest absolute Gasteiger partial charge is 0.416 e. The van der Waals surface area contributed by atoms with Crippen LogP contribution in [-0.4, -0.2) is 34.1 Å². The number of hydrogen-bond donors (Lipinski definition) is 1. The Bertz CT molecular complexity index is 673. The summed E-state index contributed by atoms with van der Waals surface area (Å²) >= 11 is 5.94. The van der Waals surface area contributed by atoms with E-state index < -0.39 is 11.7 Å². The maximum absolute atomic E-state index is 12.7. The molecule has 1 aliphatic rings. The van der Waals surface area contributed by atoms with E-state index in [2.05, 4.69) is 20.3 Å². The summed E-state index contributed by atoms with van der Waals surface area (Å²) in [6.07, 6.45) is -0.352. The molecule has 0 saturated carbocycles. The van der Waals surface area contributed by atoms with Crippen molar-refractivity contribution in [1.29, 1.82) is 0 Å². The number of nitrogens with zero attached hydrogens (tertiary/aromatic N) is 4. The third-order valence-corrected chi connectivity index (χ3v) is 3.56. The number of rotatable bonds is 3. The van der Waals surface area contributed by atoms with Gasteiger partial charge in [-0.1, -0.05) is 11.6 Å². The van der Waals surface area contributed by atoms with E-state index in [9.17, 15) is 13.2 Å². The minimum atomic E-state index is -4.37. The highest BCUT2D eigenvalue weighted by Crippen LogP contribution is 2.32. The zero-order chi connectivity index (χ0) is 15.7. The second kappa shape index (κ2) is 5.60. The van der Waals surface area contributed by atoms with Crippen molar-refractivity contribution >= 4 is 23.2 Å². The molecule has 3 heterocycles. The third-order valence-electron chi connectivity index (χ3n) is 3.29. The SMILES string of the molecule is FC(F)(F)c1ccnc(N2CC(Nc3ncncc3Cl)C2)c1. The lowest BCUT2D eigenvalue weighted by molar-refractivity contribution is -0.137. The molecule has 0 bridgehead atoms. The zero-order valence-corrected chi connectivity index (χ0v) is 11.9. The van der Waals surface area contributed by atoms with E-state index in [1.807, 2.05) is 0 Å². The summed E-state index contributed by atoms with van der Waals surface area (Å²) < 4.78 is 38.0. The maximum atomic E-state index is 12.7. The van der Waals surface area contributed by atoms with Crippen molar-refractivity contribution in [2.24, 2.45) is 0 Å². The van der Waals surface area contributed by atoms with Gasteiger partial charge in [-0.3, -0.25) is 0 Å². The van der Waals surface area contributed by atoms with Crippen LogP contribution in [0.4, 0.5) is 24.8 Å². The predicted molar refractivity (Wildman–Crippen MR) is 75.9 cm³/mol. The van der Waals surface area contributed by atoms with Gasteiger partial charge in [0, 0.05) is 19.3 Å². The molecule has 0 amide bonds. The summed E-state index contributed by atoms with van der Waals surface area (Å²) in [7, 11) is 0. The zero-order valence-electron chi connectivity index (χ0n) is 11.2. The minimum absolute atomic E-state index is 0.0451. The smallest absolute Gasteiger partial charge is 0.362 e. The summed E-state index contributed by atoms with van der Waals surface area (Å²) in [5.41, 5.74) is -0.701. The van der Waals surface area contributed by atoms with Crippen LogP contribution >= 0.6 is 11.6 Å². The van der Waals surface area contributed by atoms with Crippen molar-refractivity contribution in [3.8, 4) is 0 Å². The number of pyridine rings is 1. The Morgan fingerprint density at radius 2 is 2.05 bits per heavy atom. The fourth-order valence-corrected chi connectivity index (χ4v) is 2.30. The van der Waals surface area contributed by atoms with E-state index in [0.29, 0.717) is 29.7 Å². The number of nitrogens with one attached hydrogen (secondary N) is 1. The average molecular weight is 330 g/mol. The molecule has 1 N–H and O–H groups in total. The molecule has 116 valence electrons. The van der Waals surface area contributed by atoms with Gasteiger partial charge in [0.2, 0.25) is 0 Å². The van der Waals surface area contributed by atoms with Crippen molar-refractivity contribution in [3.63, 3.8) is 0 Å². The highest BCUT2D eigenvalue weighted by Gasteiger charge is 2.33. The first-order chi connectivity index (χ1) is 10.4. The van der Waals surface area contributed by atoms with Gasteiger partial charge in [-0.15, -0.1) is 0 Å². The molecule has 2 aromatic heterocycles. The molecule has 1 fully saturated rings. The predicted octanol–water partition coefficient (Wildman–Crippen LogP) is 2.84. The number of hydrogen-bond acceptors (Lipinski definition) is 5. The van der Waals surface area contributed by atoms with E-state index in [0.717, 1.165) is 12.1 Å². The van der Waals surface area contributed by atoms with Crippen molar-refractivity contribution in [2.45, 2.75) is 12.2 Å². The van der Waals surface area contributed by atoms with E-state index in [4.69, 9.17) is 11.6 Å². The average Bonchev–Trinajstić information content (AvgIpc) is 2.43. The van der Waals surface area contributed by atoms with Gasteiger partial charge in [-0.25, -0.2) is 15.0 Å². The lowest BCUT2D eigenvalue weighted by Gasteiger charge is -2.40. The first-order valence-corrected chi connectivity index (χ1v) is 6.81. The molecule has 0 aromatic carbocycles. The van der Waals surface area contributed by atoms with Crippen molar-refractivity contribution in [1.82, 2.24) is 15.0 Å². The van der Waals surface area contributed by atoms with Crippen molar-refractivity contribution < 1.29 is 13.2 Å². The Hall–Kier alpha value is -2.09. The Labute approximate surface area is 129 Å². The van der Waals surface area contributed by atoms with Gasteiger partial charge in [0.15, 0.2) is 0 Å². The van der Waals surface area contributed by atoms with Crippen LogP contribution in [0.3, 0.4) is 0 Å². The molecule has 1 saturated heterocycles. The van der Waals surface area contributed by atoms with Gasteiger partial charge >= 0.3 is 6.18 Å².